The molecule has 3 heterocycles. The molecule has 0 aromatic carbocycles. The van der Waals surface area contributed by atoms with E-state index in [1.807, 2.05) is 7.05 Å². The molecule has 24 heavy (non-hydrogen) atoms. The van der Waals surface area contributed by atoms with Crippen LogP contribution >= 0.6 is 0 Å². The van der Waals surface area contributed by atoms with Crippen LogP contribution in [0.5, 0.6) is 0 Å². The van der Waals surface area contributed by atoms with Crippen molar-refractivity contribution in [1.82, 2.24) is 20.0 Å². The normalized spacial score (nSPS) is 28.8. The molecule has 3 fully saturated rings. The minimum Gasteiger partial charge on any atom is -0.381 e. The average molecular weight is 338 g/mol. The largest absolute Gasteiger partial charge is 0.381 e. The lowest BCUT2D eigenvalue weighted by Gasteiger charge is -2.43. The van der Waals surface area contributed by atoms with Gasteiger partial charge in [0, 0.05) is 51.5 Å². The van der Waals surface area contributed by atoms with Gasteiger partial charge in [-0.05, 0) is 59.3 Å². The van der Waals surface area contributed by atoms with E-state index in [0.29, 0.717) is 0 Å². The third kappa shape index (κ3) is 3.86. The van der Waals surface area contributed by atoms with Gasteiger partial charge in [-0.3, -0.25) is 9.89 Å². The molecule has 1 atom stereocenters. The van der Waals surface area contributed by atoms with Gasteiger partial charge in [-0.1, -0.05) is 0 Å². The first-order chi connectivity index (χ1) is 11.6. The number of ether oxygens (including phenoxy) is 1. The number of likely N-dealkylation sites (tertiary alicyclic amines) is 2. The van der Waals surface area contributed by atoms with E-state index in [2.05, 4.69) is 39.1 Å². The number of hydrogen-bond acceptors (Lipinski definition) is 4. The van der Waals surface area contributed by atoms with Crippen LogP contribution < -0.4 is 5.32 Å². The highest BCUT2D eigenvalue weighted by atomic mass is 16.5. The molecule has 0 saturated carbocycles. The molecule has 0 aromatic heterocycles. The Morgan fingerprint density at radius 1 is 1.21 bits per heavy atom. The van der Waals surface area contributed by atoms with E-state index in [0.717, 1.165) is 57.7 Å². The van der Waals surface area contributed by atoms with Crippen molar-refractivity contribution >= 4 is 5.96 Å². The Bertz CT molecular complexity index is 427. The number of aliphatic imine (C=N–C) groups is 1. The van der Waals surface area contributed by atoms with Crippen molar-refractivity contribution in [2.45, 2.75) is 43.7 Å². The van der Waals surface area contributed by atoms with Crippen molar-refractivity contribution in [3.63, 3.8) is 0 Å². The summed E-state index contributed by atoms with van der Waals surface area (Å²) in [4.78, 5) is 12.1. The lowest BCUT2D eigenvalue weighted by molar-refractivity contribution is -0.00522. The second-order valence-electron chi connectivity index (χ2n) is 7.76. The number of likely N-dealkylation sites (N-methyl/N-ethyl adjacent to an activating group) is 1. The molecule has 6 heteroatoms. The molecule has 3 rings (SSSR count). The fourth-order valence-corrected chi connectivity index (χ4v) is 4.45. The molecule has 0 aromatic rings. The second-order valence-corrected chi connectivity index (χ2v) is 7.76. The highest BCUT2D eigenvalue weighted by Gasteiger charge is 2.36. The van der Waals surface area contributed by atoms with Gasteiger partial charge in [-0.15, -0.1) is 0 Å². The first-order valence-corrected chi connectivity index (χ1v) is 9.59. The van der Waals surface area contributed by atoms with Crippen LogP contribution in [-0.4, -0.2) is 99.3 Å². The number of nitrogens with one attached hydrogen (secondary N) is 1. The van der Waals surface area contributed by atoms with Crippen molar-refractivity contribution in [3.8, 4) is 0 Å². The maximum Gasteiger partial charge on any atom is 0.193 e. The zero-order chi connectivity index (χ0) is 17.0. The third-order valence-corrected chi connectivity index (χ3v) is 6.28. The van der Waals surface area contributed by atoms with E-state index in [1.54, 1.807) is 0 Å². The fraction of sp³-hybridized carbons (Fsp3) is 0.944. The number of hydrogen-bond donors (Lipinski definition) is 1. The minimum absolute atomic E-state index is 0.183. The molecule has 3 aliphatic rings. The number of guanidine groups is 1. The maximum atomic E-state index is 5.58. The predicted molar refractivity (Wildman–Crippen MR) is 98.6 cm³/mol. The first-order valence-electron chi connectivity index (χ1n) is 9.59. The van der Waals surface area contributed by atoms with Crippen LogP contribution in [-0.2, 0) is 4.74 Å². The molecular formula is C18H35N5O. The van der Waals surface area contributed by atoms with Gasteiger partial charge in [0.1, 0.15) is 0 Å². The van der Waals surface area contributed by atoms with Gasteiger partial charge in [-0.2, -0.15) is 0 Å². The van der Waals surface area contributed by atoms with Crippen LogP contribution in [0.25, 0.3) is 0 Å². The van der Waals surface area contributed by atoms with Crippen LogP contribution in [0, 0.1) is 0 Å². The van der Waals surface area contributed by atoms with Crippen molar-refractivity contribution in [2.75, 3.05) is 67.1 Å². The highest BCUT2D eigenvalue weighted by molar-refractivity contribution is 5.80. The summed E-state index contributed by atoms with van der Waals surface area (Å²) in [5.41, 5.74) is 0.183. The second kappa shape index (κ2) is 8.02. The lowest BCUT2D eigenvalue weighted by Crippen LogP contribution is -2.57. The topological polar surface area (TPSA) is 43.3 Å². The Morgan fingerprint density at radius 2 is 1.92 bits per heavy atom. The van der Waals surface area contributed by atoms with Gasteiger partial charge in [0.05, 0.1) is 0 Å². The highest BCUT2D eigenvalue weighted by Crippen LogP contribution is 2.25. The number of rotatable bonds is 4. The molecule has 3 saturated heterocycles. The summed E-state index contributed by atoms with van der Waals surface area (Å²) in [5, 5.41) is 3.67. The molecule has 1 unspecified atom stereocenters. The van der Waals surface area contributed by atoms with Crippen LogP contribution in [0.4, 0.5) is 0 Å². The third-order valence-electron chi connectivity index (χ3n) is 6.28. The van der Waals surface area contributed by atoms with Crippen LogP contribution in [0.2, 0.25) is 0 Å². The summed E-state index contributed by atoms with van der Waals surface area (Å²) in [7, 11) is 6.29. The zero-order valence-electron chi connectivity index (χ0n) is 15.8. The van der Waals surface area contributed by atoms with Gasteiger partial charge in [0.2, 0.25) is 0 Å². The van der Waals surface area contributed by atoms with E-state index in [1.165, 1.54) is 32.4 Å². The molecular weight excluding hydrogens is 302 g/mol. The Labute approximate surface area is 147 Å². The lowest BCUT2D eigenvalue weighted by atomic mass is 9.88. The SMILES string of the molecule is CN=C(NCC1(N(C)C)CCOCC1)N1CCC(N2CCCC2)C1. The molecule has 0 amide bonds. The Kier molecular flexibility index (Phi) is 6.00. The zero-order valence-corrected chi connectivity index (χ0v) is 15.8. The van der Waals surface area contributed by atoms with Gasteiger partial charge in [-0.25, -0.2) is 0 Å². The van der Waals surface area contributed by atoms with E-state index in [4.69, 9.17) is 4.74 Å². The quantitative estimate of drug-likeness (QED) is 0.608. The number of nitrogens with zero attached hydrogens (tertiary/aromatic N) is 4. The Hall–Kier alpha value is -0.850. The summed E-state index contributed by atoms with van der Waals surface area (Å²) in [5.74, 6) is 1.07. The summed E-state index contributed by atoms with van der Waals surface area (Å²) >= 11 is 0. The van der Waals surface area contributed by atoms with Crippen molar-refractivity contribution in [1.29, 1.82) is 0 Å². The molecule has 1 N–H and O–H groups in total. The van der Waals surface area contributed by atoms with Crippen LogP contribution in [0.3, 0.4) is 0 Å². The maximum absolute atomic E-state index is 5.58. The van der Waals surface area contributed by atoms with Crippen LogP contribution in [0.1, 0.15) is 32.1 Å². The van der Waals surface area contributed by atoms with Crippen LogP contribution in [0.15, 0.2) is 4.99 Å². The molecule has 138 valence electrons. The Morgan fingerprint density at radius 3 is 2.54 bits per heavy atom. The molecule has 0 radical (unpaired) electrons. The predicted octanol–water partition coefficient (Wildman–Crippen LogP) is 0.843. The smallest absolute Gasteiger partial charge is 0.193 e. The first kappa shape index (κ1) is 18.0. The van der Waals surface area contributed by atoms with Crippen molar-refractivity contribution < 1.29 is 4.74 Å². The van der Waals surface area contributed by atoms with E-state index >= 15 is 0 Å². The monoisotopic (exact) mass is 337 g/mol. The minimum atomic E-state index is 0.183. The van der Waals surface area contributed by atoms with Gasteiger partial charge in [0.15, 0.2) is 5.96 Å². The summed E-state index contributed by atoms with van der Waals surface area (Å²) in [6.07, 6.45) is 6.18. The van der Waals surface area contributed by atoms with E-state index < -0.39 is 0 Å². The van der Waals surface area contributed by atoms with Gasteiger partial charge < -0.3 is 19.9 Å². The van der Waals surface area contributed by atoms with E-state index in [9.17, 15) is 0 Å². The Balaban J connectivity index is 1.55. The fourth-order valence-electron chi connectivity index (χ4n) is 4.45. The summed E-state index contributed by atoms with van der Waals surface area (Å²) < 4.78 is 5.58. The van der Waals surface area contributed by atoms with Crippen molar-refractivity contribution in [2.24, 2.45) is 4.99 Å². The van der Waals surface area contributed by atoms with Gasteiger partial charge >= 0.3 is 0 Å². The van der Waals surface area contributed by atoms with E-state index in [-0.39, 0.29) is 5.54 Å². The molecule has 6 nitrogen and oxygen atoms in total. The summed E-state index contributed by atoms with van der Waals surface area (Å²) in [6.45, 7) is 7.48. The standard InChI is InChI=1S/C18H35N5O/c1-19-17(20-15-18(21(2)3)7-12-24-13-8-18)23-11-6-16(14-23)22-9-4-5-10-22/h16H,4-15H2,1-3H3,(H,19,20). The van der Waals surface area contributed by atoms with Gasteiger partial charge in [0.25, 0.3) is 0 Å². The molecule has 3 aliphatic heterocycles. The molecule has 0 aliphatic carbocycles. The average Bonchev–Trinajstić information content (AvgIpc) is 3.27. The molecule has 0 spiro atoms. The summed E-state index contributed by atoms with van der Waals surface area (Å²) in [6, 6.07) is 0.719. The van der Waals surface area contributed by atoms with Crippen molar-refractivity contribution in [3.05, 3.63) is 0 Å². The molecule has 0 bridgehead atoms.